The third kappa shape index (κ3) is 5.89. The predicted octanol–water partition coefficient (Wildman–Crippen LogP) is 1.22. The number of benzene rings is 1. The molecular formula is C12H17NO4. The quantitative estimate of drug-likeness (QED) is 0.625. The maximum Gasteiger partial charge on any atom is 0.404 e. The Morgan fingerprint density at radius 3 is 2.65 bits per heavy atom. The highest BCUT2D eigenvalue weighted by molar-refractivity contribution is 5.64. The van der Waals surface area contributed by atoms with Gasteiger partial charge in [-0.25, -0.2) is 4.79 Å². The minimum Gasteiger partial charge on any atom is -0.465 e. The molecule has 0 saturated carbocycles. The van der Waals surface area contributed by atoms with Gasteiger partial charge in [0.15, 0.2) is 0 Å². The topological polar surface area (TPSA) is 78.8 Å². The molecule has 1 aromatic carbocycles. The molecular weight excluding hydrogens is 222 g/mol. The molecule has 0 spiro atoms. The molecule has 17 heavy (non-hydrogen) atoms. The number of carbonyl (C=O) groups is 1. The SMILES string of the molecule is O=C(O)NC(CO)CCOCc1ccccc1. The Bertz CT molecular complexity index is 329. The molecule has 1 aromatic rings. The van der Waals surface area contributed by atoms with E-state index in [1.807, 2.05) is 30.3 Å². The van der Waals surface area contributed by atoms with Crippen LogP contribution in [0.1, 0.15) is 12.0 Å². The van der Waals surface area contributed by atoms with Crippen molar-refractivity contribution in [3.8, 4) is 0 Å². The molecule has 0 bridgehead atoms. The highest BCUT2D eigenvalue weighted by Gasteiger charge is 2.09. The first-order valence-electron chi connectivity index (χ1n) is 5.44. The fourth-order valence-corrected chi connectivity index (χ4v) is 1.37. The molecule has 0 aliphatic rings. The van der Waals surface area contributed by atoms with Gasteiger partial charge < -0.3 is 20.3 Å². The van der Waals surface area contributed by atoms with Crippen LogP contribution in [0.5, 0.6) is 0 Å². The van der Waals surface area contributed by atoms with Gasteiger partial charge in [0.1, 0.15) is 0 Å². The molecule has 0 fully saturated rings. The molecule has 0 aliphatic heterocycles. The van der Waals surface area contributed by atoms with Crippen molar-refractivity contribution in [3.05, 3.63) is 35.9 Å². The van der Waals surface area contributed by atoms with E-state index in [0.717, 1.165) is 5.56 Å². The Morgan fingerprint density at radius 1 is 1.35 bits per heavy atom. The van der Waals surface area contributed by atoms with E-state index in [1.54, 1.807) is 0 Å². The summed E-state index contributed by atoms with van der Waals surface area (Å²) in [6.45, 7) is 0.674. The van der Waals surface area contributed by atoms with Gasteiger partial charge in [0.2, 0.25) is 0 Å². The molecule has 1 unspecified atom stereocenters. The first kappa shape index (κ1) is 13.5. The van der Waals surface area contributed by atoms with Gasteiger partial charge in [0, 0.05) is 6.61 Å². The summed E-state index contributed by atoms with van der Waals surface area (Å²) in [6, 6.07) is 9.24. The minimum atomic E-state index is -1.13. The summed E-state index contributed by atoms with van der Waals surface area (Å²) in [4.78, 5) is 10.4. The standard InChI is InChI=1S/C12H17NO4/c14-8-11(13-12(15)16)6-7-17-9-10-4-2-1-3-5-10/h1-5,11,13-14H,6-9H2,(H,15,16). The van der Waals surface area contributed by atoms with E-state index in [1.165, 1.54) is 0 Å². The van der Waals surface area contributed by atoms with Gasteiger partial charge in [0.05, 0.1) is 19.3 Å². The second-order valence-corrected chi connectivity index (χ2v) is 3.66. The molecule has 5 heteroatoms. The van der Waals surface area contributed by atoms with Crippen molar-refractivity contribution in [2.24, 2.45) is 0 Å². The number of hydrogen-bond donors (Lipinski definition) is 3. The summed E-state index contributed by atoms with van der Waals surface area (Å²) in [5, 5.41) is 19.6. The lowest BCUT2D eigenvalue weighted by Crippen LogP contribution is -2.37. The second-order valence-electron chi connectivity index (χ2n) is 3.66. The van der Waals surface area contributed by atoms with Gasteiger partial charge >= 0.3 is 6.09 Å². The third-order valence-corrected chi connectivity index (χ3v) is 2.27. The number of ether oxygens (including phenoxy) is 1. The van der Waals surface area contributed by atoms with E-state index in [-0.39, 0.29) is 6.61 Å². The van der Waals surface area contributed by atoms with Crippen molar-refractivity contribution in [2.45, 2.75) is 19.1 Å². The zero-order valence-corrected chi connectivity index (χ0v) is 9.50. The Kier molecular flexibility index (Phi) is 6.06. The zero-order valence-electron chi connectivity index (χ0n) is 9.50. The Labute approximate surface area is 100 Å². The normalized spacial score (nSPS) is 12.1. The van der Waals surface area contributed by atoms with Crippen LogP contribution in [0.2, 0.25) is 0 Å². The van der Waals surface area contributed by atoms with Crippen LogP contribution in [0.25, 0.3) is 0 Å². The van der Waals surface area contributed by atoms with Gasteiger partial charge in [-0.1, -0.05) is 30.3 Å². The van der Waals surface area contributed by atoms with Crippen LogP contribution in [0, 0.1) is 0 Å². The van der Waals surface area contributed by atoms with Crippen LogP contribution in [0.4, 0.5) is 4.79 Å². The summed E-state index contributed by atoms with van der Waals surface area (Å²) in [7, 11) is 0. The molecule has 0 radical (unpaired) electrons. The molecule has 0 aromatic heterocycles. The maximum absolute atomic E-state index is 10.4. The Morgan fingerprint density at radius 2 is 2.06 bits per heavy atom. The van der Waals surface area contributed by atoms with Crippen molar-refractivity contribution in [1.29, 1.82) is 0 Å². The Balaban J connectivity index is 2.16. The van der Waals surface area contributed by atoms with Crippen molar-refractivity contribution < 1.29 is 19.7 Å². The van der Waals surface area contributed by atoms with Crippen molar-refractivity contribution >= 4 is 6.09 Å². The summed E-state index contributed by atoms with van der Waals surface area (Å²) >= 11 is 0. The fourth-order valence-electron chi connectivity index (χ4n) is 1.37. The van der Waals surface area contributed by atoms with Gasteiger partial charge in [-0.2, -0.15) is 0 Å². The highest BCUT2D eigenvalue weighted by atomic mass is 16.5. The molecule has 0 heterocycles. The second kappa shape index (κ2) is 7.65. The maximum atomic E-state index is 10.4. The zero-order chi connectivity index (χ0) is 12.5. The lowest BCUT2D eigenvalue weighted by atomic mass is 10.2. The average Bonchev–Trinajstić information content (AvgIpc) is 2.34. The lowest BCUT2D eigenvalue weighted by molar-refractivity contribution is 0.101. The van der Waals surface area contributed by atoms with Crippen LogP contribution in [-0.2, 0) is 11.3 Å². The molecule has 1 rings (SSSR count). The van der Waals surface area contributed by atoms with Gasteiger partial charge in [-0.15, -0.1) is 0 Å². The van der Waals surface area contributed by atoms with Gasteiger partial charge in [-0.05, 0) is 12.0 Å². The van der Waals surface area contributed by atoms with E-state index in [2.05, 4.69) is 5.32 Å². The summed E-state index contributed by atoms with van der Waals surface area (Å²) in [6.07, 6.45) is -0.678. The summed E-state index contributed by atoms with van der Waals surface area (Å²) < 4.78 is 5.39. The first-order chi connectivity index (χ1) is 8.22. The van der Waals surface area contributed by atoms with Gasteiger partial charge in [-0.3, -0.25) is 0 Å². The van der Waals surface area contributed by atoms with E-state index < -0.39 is 12.1 Å². The number of aliphatic hydroxyl groups is 1. The van der Waals surface area contributed by atoms with Crippen LogP contribution in [0.15, 0.2) is 30.3 Å². The fraction of sp³-hybridized carbons (Fsp3) is 0.417. The van der Waals surface area contributed by atoms with Crippen LogP contribution >= 0.6 is 0 Å². The predicted molar refractivity (Wildman–Crippen MR) is 62.7 cm³/mol. The average molecular weight is 239 g/mol. The van der Waals surface area contributed by atoms with Crippen molar-refractivity contribution in [3.63, 3.8) is 0 Å². The molecule has 1 atom stereocenters. The van der Waals surface area contributed by atoms with Crippen molar-refractivity contribution in [1.82, 2.24) is 5.32 Å². The molecule has 94 valence electrons. The highest BCUT2D eigenvalue weighted by Crippen LogP contribution is 2.01. The summed E-state index contributed by atoms with van der Waals surface area (Å²) in [5.74, 6) is 0. The van der Waals surface area contributed by atoms with Crippen LogP contribution in [0.3, 0.4) is 0 Å². The summed E-state index contributed by atoms with van der Waals surface area (Å²) in [5.41, 5.74) is 1.07. The van der Waals surface area contributed by atoms with Crippen LogP contribution < -0.4 is 5.32 Å². The minimum absolute atomic E-state index is 0.221. The van der Waals surface area contributed by atoms with E-state index in [0.29, 0.717) is 19.6 Å². The number of amides is 1. The van der Waals surface area contributed by atoms with Crippen LogP contribution in [-0.4, -0.2) is 35.6 Å². The molecule has 0 saturated heterocycles. The Hall–Kier alpha value is -1.59. The molecule has 3 N–H and O–H groups in total. The van der Waals surface area contributed by atoms with E-state index >= 15 is 0 Å². The molecule has 0 aliphatic carbocycles. The monoisotopic (exact) mass is 239 g/mol. The van der Waals surface area contributed by atoms with Gasteiger partial charge in [0.25, 0.3) is 0 Å². The largest absolute Gasteiger partial charge is 0.465 e. The number of aliphatic hydroxyl groups excluding tert-OH is 1. The van der Waals surface area contributed by atoms with E-state index in [9.17, 15) is 4.79 Å². The number of rotatable bonds is 7. The lowest BCUT2D eigenvalue weighted by Gasteiger charge is -2.13. The number of nitrogens with one attached hydrogen (secondary N) is 1. The molecule has 1 amide bonds. The smallest absolute Gasteiger partial charge is 0.404 e. The number of hydrogen-bond acceptors (Lipinski definition) is 3. The first-order valence-corrected chi connectivity index (χ1v) is 5.44. The van der Waals surface area contributed by atoms with Crippen molar-refractivity contribution in [2.75, 3.05) is 13.2 Å². The van der Waals surface area contributed by atoms with E-state index in [4.69, 9.17) is 14.9 Å². The third-order valence-electron chi connectivity index (χ3n) is 2.27. The molecule has 5 nitrogen and oxygen atoms in total. The number of carboxylic acid groups (broad SMARTS) is 1.